The van der Waals surface area contributed by atoms with Gasteiger partial charge in [-0.15, -0.1) is 0 Å². The minimum absolute atomic E-state index is 0.108. The van der Waals surface area contributed by atoms with Crippen molar-refractivity contribution in [2.45, 2.75) is 19.3 Å². The van der Waals surface area contributed by atoms with E-state index in [4.69, 9.17) is 4.74 Å². The molecule has 5 nitrogen and oxygen atoms in total. The molecule has 5 rings (SSSR count). The van der Waals surface area contributed by atoms with Crippen LogP contribution in [0.1, 0.15) is 27.9 Å². The number of carbonyl (C=O) groups excluding carboxylic acids is 1. The Labute approximate surface area is 187 Å². The van der Waals surface area contributed by atoms with Gasteiger partial charge < -0.3 is 10.1 Å². The number of aryl methyl sites for hydroxylation is 1. The second-order valence-electron chi connectivity index (χ2n) is 7.93. The fourth-order valence-corrected chi connectivity index (χ4v) is 4.24. The van der Waals surface area contributed by atoms with Gasteiger partial charge in [0.05, 0.1) is 17.9 Å². The lowest BCUT2D eigenvalue weighted by Gasteiger charge is -2.08. The summed E-state index contributed by atoms with van der Waals surface area (Å²) in [6, 6.07) is 25.8. The van der Waals surface area contributed by atoms with Crippen molar-refractivity contribution in [2.24, 2.45) is 0 Å². The molecule has 1 aliphatic carbocycles. The Morgan fingerprint density at radius 1 is 0.938 bits per heavy atom. The molecule has 1 heterocycles. The van der Waals surface area contributed by atoms with Gasteiger partial charge in [-0.1, -0.05) is 54.6 Å². The van der Waals surface area contributed by atoms with E-state index in [0.717, 1.165) is 42.0 Å². The summed E-state index contributed by atoms with van der Waals surface area (Å²) in [5.74, 6) is 0.690. The van der Waals surface area contributed by atoms with Gasteiger partial charge in [0, 0.05) is 22.3 Å². The molecular formula is C27H25N3O2. The molecular weight excluding hydrogens is 398 g/mol. The Morgan fingerprint density at radius 2 is 1.72 bits per heavy atom. The third-order valence-electron chi connectivity index (χ3n) is 5.85. The predicted molar refractivity (Wildman–Crippen MR) is 126 cm³/mol. The number of fused-ring (bicyclic) bond motifs is 3. The molecule has 0 saturated heterocycles. The van der Waals surface area contributed by atoms with Crippen LogP contribution >= 0.6 is 0 Å². The molecule has 0 spiro atoms. The van der Waals surface area contributed by atoms with Crippen LogP contribution in [0.3, 0.4) is 0 Å². The summed E-state index contributed by atoms with van der Waals surface area (Å²) in [7, 11) is 0. The molecule has 0 fully saturated rings. The van der Waals surface area contributed by atoms with Crippen molar-refractivity contribution in [1.29, 1.82) is 0 Å². The molecule has 0 radical (unpaired) electrons. The van der Waals surface area contributed by atoms with Crippen LogP contribution in [0.15, 0.2) is 78.9 Å². The summed E-state index contributed by atoms with van der Waals surface area (Å²) in [4.78, 5) is 12.5. The van der Waals surface area contributed by atoms with Crippen LogP contribution in [0.25, 0.3) is 22.5 Å². The standard InChI is InChI=1S/C27H25N3O2/c31-27(28-17-18-32-22-9-2-1-3-10-22)21-15-13-20(14-16-21)25-24-12-6-8-19-7-4-5-11-23(19)26(24)30-29-25/h1-5,7,9-11,13-16H,6,8,12,17-18H2,(H,28,31)(H,29,30). The average Bonchev–Trinajstić information content (AvgIpc) is 3.17. The number of aromatic amines is 1. The van der Waals surface area contributed by atoms with Gasteiger partial charge in [0.1, 0.15) is 12.4 Å². The highest BCUT2D eigenvalue weighted by Crippen LogP contribution is 2.36. The lowest BCUT2D eigenvalue weighted by molar-refractivity contribution is 0.0947. The zero-order valence-corrected chi connectivity index (χ0v) is 17.8. The van der Waals surface area contributed by atoms with E-state index in [0.29, 0.717) is 18.7 Å². The number of hydrogen-bond acceptors (Lipinski definition) is 3. The first kappa shape index (κ1) is 20.1. The van der Waals surface area contributed by atoms with Crippen molar-refractivity contribution in [3.63, 3.8) is 0 Å². The van der Waals surface area contributed by atoms with Gasteiger partial charge >= 0.3 is 0 Å². The summed E-state index contributed by atoms with van der Waals surface area (Å²) in [5.41, 5.74) is 7.60. The zero-order valence-electron chi connectivity index (χ0n) is 17.8. The minimum atomic E-state index is -0.108. The molecule has 160 valence electrons. The first-order chi connectivity index (χ1) is 15.8. The van der Waals surface area contributed by atoms with Crippen LogP contribution < -0.4 is 10.1 Å². The number of H-pyrrole nitrogens is 1. The fraction of sp³-hybridized carbons (Fsp3) is 0.185. The molecule has 0 aliphatic heterocycles. The van der Waals surface area contributed by atoms with Gasteiger partial charge in [0.25, 0.3) is 5.91 Å². The minimum Gasteiger partial charge on any atom is -0.492 e. The third kappa shape index (κ3) is 4.14. The van der Waals surface area contributed by atoms with Crippen LogP contribution in [-0.4, -0.2) is 29.3 Å². The number of rotatable bonds is 6. The highest BCUT2D eigenvalue weighted by molar-refractivity contribution is 5.94. The molecule has 1 aliphatic rings. The molecule has 3 aromatic carbocycles. The Kier molecular flexibility index (Phi) is 5.71. The maximum Gasteiger partial charge on any atom is 0.251 e. The van der Waals surface area contributed by atoms with E-state index >= 15 is 0 Å². The molecule has 0 atom stereocenters. The first-order valence-electron chi connectivity index (χ1n) is 11.0. The summed E-state index contributed by atoms with van der Waals surface area (Å²) in [6.07, 6.45) is 3.16. The maximum atomic E-state index is 12.5. The van der Waals surface area contributed by atoms with E-state index in [2.05, 4.69) is 39.8 Å². The zero-order chi connectivity index (χ0) is 21.8. The molecule has 1 aromatic heterocycles. The maximum absolute atomic E-state index is 12.5. The monoisotopic (exact) mass is 423 g/mol. The quantitative estimate of drug-likeness (QED) is 0.427. The summed E-state index contributed by atoms with van der Waals surface area (Å²) in [6.45, 7) is 0.872. The van der Waals surface area contributed by atoms with Crippen molar-refractivity contribution in [2.75, 3.05) is 13.2 Å². The smallest absolute Gasteiger partial charge is 0.251 e. The van der Waals surface area contributed by atoms with Crippen molar-refractivity contribution in [1.82, 2.24) is 15.5 Å². The van der Waals surface area contributed by atoms with Crippen molar-refractivity contribution in [3.8, 4) is 28.3 Å². The third-order valence-corrected chi connectivity index (χ3v) is 5.85. The number of hydrogen-bond donors (Lipinski definition) is 2. The molecule has 0 saturated carbocycles. The number of para-hydroxylation sites is 1. The topological polar surface area (TPSA) is 67.0 Å². The van der Waals surface area contributed by atoms with Crippen molar-refractivity contribution >= 4 is 5.91 Å². The lowest BCUT2D eigenvalue weighted by Crippen LogP contribution is -2.28. The Bertz CT molecular complexity index is 1210. The van der Waals surface area contributed by atoms with Crippen LogP contribution in [0.4, 0.5) is 0 Å². The molecule has 2 N–H and O–H groups in total. The normalized spacial score (nSPS) is 12.4. The van der Waals surface area contributed by atoms with Crippen molar-refractivity contribution in [3.05, 3.63) is 95.6 Å². The Hall–Kier alpha value is -3.86. The summed E-state index contributed by atoms with van der Waals surface area (Å²) in [5, 5.41) is 10.8. The van der Waals surface area contributed by atoms with Crippen LogP contribution in [-0.2, 0) is 12.8 Å². The highest BCUT2D eigenvalue weighted by Gasteiger charge is 2.21. The predicted octanol–water partition coefficient (Wildman–Crippen LogP) is 5.04. The number of ether oxygens (including phenoxy) is 1. The van der Waals surface area contributed by atoms with E-state index in [1.807, 2.05) is 54.6 Å². The second-order valence-corrected chi connectivity index (χ2v) is 7.93. The van der Waals surface area contributed by atoms with Crippen molar-refractivity contribution < 1.29 is 9.53 Å². The highest BCUT2D eigenvalue weighted by atomic mass is 16.5. The SMILES string of the molecule is O=C(NCCOc1ccccc1)c1ccc(-c2n[nH]c3c2CCCc2ccccc2-3)cc1. The molecule has 0 unspecified atom stereocenters. The van der Waals surface area contributed by atoms with Crippen LogP contribution in [0, 0.1) is 0 Å². The number of nitrogens with one attached hydrogen (secondary N) is 2. The molecule has 32 heavy (non-hydrogen) atoms. The molecule has 0 bridgehead atoms. The van der Waals surface area contributed by atoms with Gasteiger partial charge in [-0.2, -0.15) is 5.10 Å². The van der Waals surface area contributed by atoms with E-state index in [9.17, 15) is 4.79 Å². The van der Waals surface area contributed by atoms with Gasteiger partial charge in [-0.3, -0.25) is 9.89 Å². The largest absolute Gasteiger partial charge is 0.492 e. The van der Waals surface area contributed by atoms with Gasteiger partial charge in [-0.25, -0.2) is 0 Å². The Balaban J connectivity index is 1.26. The molecule has 1 amide bonds. The van der Waals surface area contributed by atoms with Gasteiger partial charge in [-0.05, 0) is 49.1 Å². The number of aromatic nitrogens is 2. The number of amides is 1. The van der Waals surface area contributed by atoms with E-state index in [1.54, 1.807) is 0 Å². The van der Waals surface area contributed by atoms with Crippen LogP contribution in [0.2, 0.25) is 0 Å². The van der Waals surface area contributed by atoms with Gasteiger partial charge in [0.2, 0.25) is 0 Å². The van der Waals surface area contributed by atoms with E-state index in [-0.39, 0.29) is 5.91 Å². The average molecular weight is 424 g/mol. The fourth-order valence-electron chi connectivity index (χ4n) is 4.24. The van der Waals surface area contributed by atoms with Crippen LogP contribution in [0.5, 0.6) is 5.75 Å². The second kappa shape index (κ2) is 9.10. The van der Waals surface area contributed by atoms with Gasteiger partial charge in [0.15, 0.2) is 0 Å². The summed E-state index contributed by atoms with van der Waals surface area (Å²) < 4.78 is 5.62. The lowest BCUT2D eigenvalue weighted by atomic mass is 9.99. The summed E-state index contributed by atoms with van der Waals surface area (Å²) >= 11 is 0. The van der Waals surface area contributed by atoms with E-state index < -0.39 is 0 Å². The number of nitrogens with zero attached hydrogens (tertiary/aromatic N) is 1. The molecule has 5 heteroatoms. The number of carbonyl (C=O) groups is 1. The number of benzene rings is 3. The Morgan fingerprint density at radius 3 is 2.56 bits per heavy atom. The van der Waals surface area contributed by atoms with E-state index in [1.165, 1.54) is 16.7 Å². The first-order valence-corrected chi connectivity index (χ1v) is 11.0. The molecule has 4 aromatic rings.